The molecule has 0 N–H and O–H groups in total. The van der Waals surface area contributed by atoms with Crippen molar-refractivity contribution in [3.8, 4) is 0 Å². The number of rotatable bonds is 10. The number of fused-ring (bicyclic) bond motifs is 1. The minimum atomic E-state index is 0.223. The Balaban J connectivity index is 2.16. The van der Waals surface area contributed by atoms with E-state index in [1.807, 2.05) is 0 Å². The molecule has 0 radical (unpaired) electrons. The fraction of sp³-hybridized carbons (Fsp3) is 0.565. The van der Waals surface area contributed by atoms with Gasteiger partial charge in [0.2, 0.25) is 0 Å². The molecule has 0 heterocycles. The summed E-state index contributed by atoms with van der Waals surface area (Å²) in [5, 5.41) is 0. The Morgan fingerprint density at radius 1 is 0.957 bits per heavy atom. The molecule has 23 heavy (non-hydrogen) atoms. The smallest absolute Gasteiger partial charge is 0.0149 e. The van der Waals surface area contributed by atoms with E-state index in [1.165, 1.54) is 74.5 Å². The van der Waals surface area contributed by atoms with Crippen LogP contribution in [0, 0.1) is 0 Å². The first-order chi connectivity index (χ1) is 11.2. The fourth-order valence-corrected chi connectivity index (χ4v) is 4.26. The molecule has 0 saturated carbocycles. The maximum atomic E-state index is 4.11. The zero-order valence-corrected chi connectivity index (χ0v) is 15.5. The summed E-state index contributed by atoms with van der Waals surface area (Å²) in [5.41, 5.74) is 6.23. The highest BCUT2D eigenvalue weighted by molar-refractivity contribution is 5.85. The SMILES string of the molecule is C=CC1=C(CCC)C(C)(CCCCCCCC)c2ccccc21. The Morgan fingerprint density at radius 3 is 2.35 bits per heavy atom. The number of hydrogen-bond donors (Lipinski definition) is 0. The average molecular weight is 311 g/mol. The third-order valence-corrected chi connectivity index (χ3v) is 5.54. The van der Waals surface area contributed by atoms with Crippen LogP contribution in [0.2, 0.25) is 0 Å². The molecule has 1 aliphatic rings. The number of hydrogen-bond acceptors (Lipinski definition) is 0. The van der Waals surface area contributed by atoms with Gasteiger partial charge in [0.25, 0.3) is 0 Å². The molecule has 0 heteroatoms. The van der Waals surface area contributed by atoms with Gasteiger partial charge in [0.05, 0.1) is 0 Å². The summed E-state index contributed by atoms with van der Waals surface area (Å²) in [6.07, 6.45) is 14.0. The molecule has 1 aromatic rings. The lowest BCUT2D eigenvalue weighted by Gasteiger charge is -2.30. The van der Waals surface area contributed by atoms with Crippen molar-refractivity contribution in [2.24, 2.45) is 0 Å². The molecule has 0 fully saturated rings. The molecule has 0 nitrogen and oxygen atoms in total. The van der Waals surface area contributed by atoms with E-state index in [4.69, 9.17) is 0 Å². The van der Waals surface area contributed by atoms with Crippen molar-refractivity contribution in [2.75, 3.05) is 0 Å². The third kappa shape index (κ3) is 3.79. The van der Waals surface area contributed by atoms with Crippen LogP contribution in [-0.4, -0.2) is 0 Å². The largest absolute Gasteiger partial charge is 0.0984 e. The lowest BCUT2D eigenvalue weighted by molar-refractivity contribution is 0.459. The molecule has 1 atom stereocenters. The molecule has 1 aromatic carbocycles. The summed E-state index contributed by atoms with van der Waals surface area (Å²) >= 11 is 0. The van der Waals surface area contributed by atoms with Crippen LogP contribution in [-0.2, 0) is 5.41 Å². The third-order valence-electron chi connectivity index (χ3n) is 5.54. The van der Waals surface area contributed by atoms with Gasteiger partial charge in [0, 0.05) is 5.41 Å². The van der Waals surface area contributed by atoms with Gasteiger partial charge in [-0.3, -0.25) is 0 Å². The number of allylic oxidation sites excluding steroid dienone is 3. The van der Waals surface area contributed by atoms with Crippen LogP contribution in [0.25, 0.3) is 5.57 Å². The lowest BCUT2D eigenvalue weighted by Crippen LogP contribution is -2.22. The Kier molecular flexibility index (Phi) is 6.69. The molecule has 0 aromatic heterocycles. The van der Waals surface area contributed by atoms with E-state index in [0.29, 0.717) is 0 Å². The first-order valence-corrected chi connectivity index (χ1v) is 9.65. The number of benzene rings is 1. The Morgan fingerprint density at radius 2 is 1.65 bits per heavy atom. The molecule has 0 saturated heterocycles. The number of unbranched alkanes of at least 4 members (excludes halogenated alkanes) is 5. The molecule has 0 amide bonds. The standard InChI is InChI=1S/C23H34/c1-5-8-9-10-11-14-18-23(4)21(15-6-2)19(7-3)20-16-12-13-17-22(20)23/h7,12-13,16-17H,3,5-6,8-11,14-15,18H2,1-2,4H3. The second-order valence-corrected chi connectivity index (χ2v) is 7.24. The van der Waals surface area contributed by atoms with Gasteiger partial charge in [-0.05, 0) is 29.5 Å². The van der Waals surface area contributed by atoms with Crippen LogP contribution < -0.4 is 0 Å². The summed E-state index contributed by atoms with van der Waals surface area (Å²) in [7, 11) is 0. The summed E-state index contributed by atoms with van der Waals surface area (Å²) in [5.74, 6) is 0. The van der Waals surface area contributed by atoms with Crippen LogP contribution in [0.3, 0.4) is 0 Å². The Hall–Kier alpha value is -1.30. The van der Waals surface area contributed by atoms with E-state index in [1.54, 1.807) is 5.57 Å². The molecule has 1 unspecified atom stereocenters. The Labute approximate surface area is 143 Å². The van der Waals surface area contributed by atoms with Gasteiger partial charge in [-0.15, -0.1) is 0 Å². The highest BCUT2D eigenvalue weighted by Crippen LogP contribution is 2.51. The van der Waals surface area contributed by atoms with Crippen molar-refractivity contribution in [1.29, 1.82) is 0 Å². The zero-order chi connectivity index (χ0) is 16.7. The normalized spacial score (nSPS) is 20.0. The van der Waals surface area contributed by atoms with Gasteiger partial charge >= 0.3 is 0 Å². The highest BCUT2D eigenvalue weighted by Gasteiger charge is 2.38. The summed E-state index contributed by atoms with van der Waals surface area (Å²) in [6, 6.07) is 9.00. The molecule has 0 spiro atoms. The molecule has 2 rings (SSSR count). The second kappa shape index (κ2) is 8.52. The van der Waals surface area contributed by atoms with Gasteiger partial charge in [-0.2, -0.15) is 0 Å². The first kappa shape index (κ1) is 18.0. The van der Waals surface area contributed by atoms with E-state index in [2.05, 4.69) is 57.7 Å². The Bertz CT molecular complexity index is 549. The van der Waals surface area contributed by atoms with Crippen LogP contribution in [0.4, 0.5) is 0 Å². The maximum absolute atomic E-state index is 4.11. The zero-order valence-electron chi connectivity index (χ0n) is 15.5. The monoisotopic (exact) mass is 310 g/mol. The van der Waals surface area contributed by atoms with Crippen molar-refractivity contribution in [2.45, 2.75) is 84.0 Å². The van der Waals surface area contributed by atoms with Crippen LogP contribution >= 0.6 is 0 Å². The first-order valence-electron chi connectivity index (χ1n) is 9.65. The second-order valence-electron chi connectivity index (χ2n) is 7.24. The summed E-state index contributed by atoms with van der Waals surface area (Å²) in [4.78, 5) is 0. The van der Waals surface area contributed by atoms with E-state index in [9.17, 15) is 0 Å². The summed E-state index contributed by atoms with van der Waals surface area (Å²) in [6.45, 7) is 11.2. The van der Waals surface area contributed by atoms with Crippen molar-refractivity contribution >= 4 is 5.57 Å². The van der Waals surface area contributed by atoms with E-state index in [-0.39, 0.29) is 5.41 Å². The van der Waals surface area contributed by atoms with E-state index < -0.39 is 0 Å². The van der Waals surface area contributed by atoms with Crippen molar-refractivity contribution < 1.29 is 0 Å². The topological polar surface area (TPSA) is 0 Å². The predicted molar refractivity (Wildman–Crippen MR) is 104 cm³/mol. The predicted octanol–water partition coefficient (Wildman–Crippen LogP) is 7.45. The molecular weight excluding hydrogens is 276 g/mol. The fourth-order valence-electron chi connectivity index (χ4n) is 4.26. The van der Waals surface area contributed by atoms with Gasteiger partial charge in [0.15, 0.2) is 0 Å². The molecular formula is C23H34. The average Bonchev–Trinajstić information content (AvgIpc) is 2.81. The molecule has 0 bridgehead atoms. The van der Waals surface area contributed by atoms with Crippen molar-refractivity contribution in [3.63, 3.8) is 0 Å². The van der Waals surface area contributed by atoms with E-state index in [0.717, 1.165) is 0 Å². The minimum absolute atomic E-state index is 0.223. The van der Waals surface area contributed by atoms with Crippen LogP contribution in [0.15, 0.2) is 42.5 Å². The van der Waals surface area contributed by atoms with Crippen LogP contribution in [0.1, 0.15) is 89.7 Å². The van der Waals surface area contributed by atoms with Crippen molar-refractivity contribution in [3.05, 3.63) is 53.6 Å². The molecule has 0 aliphatic heterocycles. The van der Waals surface area contributed by atoms with Crippen molar-refractivity contribution in [1.82, 2.24) is 0 Å². The highest BCUT2D eigenvalue weighted by atomic mass is 14.4. The quantitative estimate of drug-likeness (QED) is 0.394. The van der Waals surface area contributed by atoms with Crippen LogP contribution in [0.5, 0.6) is 0 Å². The van der Waals surface area contributed by atoms with Gasteiger partial charge in [0.1, 0.15) is 0 Å². The van der Waals surface area contributed by atoms with E-state index >= 15 is 0 Å². The van der Waals surface area contributed by atoms with Gasteiger partial charge in [-0.25, -0.2) is 0 Å². The minimum Gasteiger partial charge on any atom is -0.0984 e. The lowest BCUT2D eigenvalue weighted by atomic mass is 9.73. The maximum Gasteiger partial charge on any atom is 0.0149 e. The molecule has 1 aliphatic carbocycles. The van der Waals surface area contributed by atoms with Gasteiger partial charge in [-0.1, -0.05) is 108 Å². The summed E-state index contributed by atoms with van der Waals surface area (Å²) < 4.78 is 0. The molecule has 126 valence electrons. The van der Waals surface area contributed by atoms with Gasteiger partial charge < -0.3 is 0 Å².